The minimum absolute atomic E-state index is 0.0524. The Bertz CT molecular complexity index is 779. The first-order valence-electron chi connectivity index (χ1n) is 8.70. The average molecular weight is 353 g/mol. The minimum Gasteiger partial charge on any atom is -0.338 e. The van der Waals surface area contributed by atoms with E-state index < -0.39 is 0 Å². The van der Waals surface area contributed by atoms with Gasteiger partial charge in [0.1, 0.15) is 0 Å². The van der Waals surface area contributed by atoms with E-state index in [1.54, 1.807) is 17.8 Å². The maximum atomic E-state index is 12.6. The van der Waals surface area contributed by atoms with Gasteiger partial charge < -0.3 is 4.90 Å². The van der Waals surface area contributed by atoms with E-state index in [0.717, 1.165) is 35.9 Å². The number of fused-ring (bicyclic) bond motifs is 1. The molecule has 0 amide bonds. The number of hydrogen-bond donors (Lipinski definition) is 0. The lowest BCUT2D eigenvalue weighted by Gasteiger charge is -2.18. The highest BCUT2D eigenvalue weighted by Gasteiger charge is 2.22. The Morgan fingerprint density at radius 2 is 1.76 bits per heavy atom. The Labute approximate surface area is 154 Å². The van der Waals surface area contributed by atoms with Crippen molar-refractivity contribution in [1.29, 1.82) is 0 Å². The molecule has 1 aliphatic rings. The molecule has 0 fully saturated rings. The van der Waals surface area contributed by atoms with Gasteiger partial charge in [-0.25, -0.2) is 0 Å². The fourth-order valence-electron chi connectivity index (χ4n) is 2.92. The molecule has 3 rings (SSSR count). The first-order valence-corrected chi connectivity index (χ1v) is 9.52. The van der Waals surface area contributed by atoms with Crippen LogP contribution in [0.1, 0.15) is 29.8 Å². The van der Waals surface area contributed by atoms with Crippen LogP contribution < -0.4 is 4.90 Å². The van der Waals surface area contributed by atoms with E-state index in [4.69, 9.17) is 0 Å². The second-order valence-electron chi connectivity index (χ2n) is 6.13. The van der Waals surface area contributed by atoms with E-state index >= 15 is 0 Å². The second-order valence-corrected chi connectivity index (χ2v) is 7.20. The SMILES string of the molecule is CCN(CC)Cc1ccc(C(=O)/C=C2/Sc3ccccc3N2C)cc1. The maximum absolute atomic E-state index is 12.6. The van der Waals surface area contributed by atoms with Crippen LogP contribution in [0.15, 0.2) is 64.5 Å². The smallest absolute Gasteiger partial charge is 0.188 e. The van der Waals surface area contributed by atoms with Gasteiger partial charge in [0, 0.05) is 30.1 Å². The van der Waals surface area contributed by atoms with Gasteiger partial charge in [0.15, 0.2) is 5.78 Å². The lowest BCUT2D eigenvalue weighted by Crippen LogP contribution is -2.22. The van der Waals surface area contributed by atoms with Gasteiger partial charge in [0.25, 0.3) is 0 Å². The van der Waals surface area contributed by atoms with Gasteiger partial charge in [-0.1, -0.05) is 62.0 Å². The number of nitrogens with zero attached hydrogens (tertiary/aromatic N) is 2. The lowest BCUT2D eigenvalue weighted by molar-refractivity contribution is 0.104. The van der Waals surface area contributed by atoms with Crippen molar-refractivity contribution in [1.82, 2.24) is 4.90 Å². The summed E-state index contributed by atoms with van der Waals surface area (Å²) in [5, 5.41) is 0.971. The van der Waals surface area contributed by atoms with Crippen LogP contribution >= 0.6 is 11.8 Å². The largest absolute Gasteiger partial charge is 0.338 e. The summed E-state index contributed by atoms with van der Waals surface area (Å²) >= 11 is 1.64. The Balaban J connectivity index is 1.72. The van der Waals surface area contributed by atoms with E-state index in [2.05, 4.69) is 47.9 Å². The zero-order valence-electron chi connectivity index (χ0n) is 15.0. The molecule has 4 heteroatoms. The third-order valence-corrected chi connectivity index (χ3v) is 5.73. The standard InChI is InChI=1S/C21H24N2OS/c1-4-23(5-2)15-16-10-12-17(13-11-16)19(24)14-21-22(3)18-8-6-7-9-20(18)25-21/h6-14H,4-5,15H2,1-3H3/b21-14+. The number of hydrogen-bond acceptors (Lipinski definition) is 4. The van der Waals surface area contributed by atoms with Crippen LogP contribution in [0.4, 0.5) is 5.69 Å². The molecule has 0 atom stereocenters. The van der Waals surface area contributed by atoms with Crippen molar-refractivity contribution in [2.75, 3.05) is 25.0 Å². The number of para-hydroxylation sites is 1. The third kappa shape index (κ3) is 3.97. The highest BCUT2D eigenvalue weighted by atomic mass is 32.2. The summed E-state index contributed by atoms with van der Waals surface area (Å²) in [6.07, 6.45) is 1.74. The quantitative estimate of drug-likeness (QED) is 0.551. The van der Waals surface area contributed by atoms with Crippen LogP contribution in [-0.2, 0) is 6.54 Å². The number of rotatable bonds is 6. The predicted molar refractivity (Wildman–Crippen MR) is 106 cm³/mol. The summed E-state index contributed by atoms with van der Waals surface area (Å²) in [4.78, 5) is 18.2. The first kappa shape index (κ1) is 17.8. The predicted octanol–water partition coefficient (Wildman–Crippen LogP) is 4.79. The summed E-state index contributed by atoms with van der Waals surface area (Å²) in [6, 6.07) is 16.2. The first-order chi connectivity index (χ1) is 12.1. The van der Waals surface area contributed by atoms with Crippen molar-refractivity contribution >= 4 is 23.2 Å². The van der Waals surface area contributed by atoms with E-state index in [1.807, 2.05) is 31.3 Å². The van der Waals surface area contributed by atoms with Gasteiger partial charge >= 0.3 is 0 Å². The summed E-state index contributed by atoms with van der Waals surface area (Å²) < 4.78 is 0. The Morgan fingerprint density at radius 3 is 2.40 bits per heavy atom. The molecule has 0 aliphatic carbocycles. The maximum Gasteiger partial charge on any atom is 0.188 e. The van der Waals surface area contributed by atoms with Gasteiger partial charge in [-0.2, -0.15) is 0 Å². The molecule has 0 bridgehead atoms. The number of ketones is 1. The van der Waals surface area contributed by atoms with Crippen molar-refractivity contribution in [2.24, 2.45) is 0 Å². The van der Waals surface area contributed by atoms with E-state index in [-0.39, 0.29) is 5.78 Å². The molecule has 0 saturated heterocycles. The fraction of sp³-hybridized carbons (Fsp3) is 0.286. The van der Waals surface area contributed by atoms with E-state index in [1.165, 1.54) is 10.5 Å². The van der Waals surface area contributed by atoms with Crippen molar-refractivity contribution in [2.45, 2.75) is 25.3 Å². The summed E-state index contributed by atoms with van der Waals surface area (Å²) in [6.45, 7) is 7.33. The van der Waals surface area contributed by atoms with Gasteiger partial charge in [0.05, 0.1) is 10.7 Å². The molecule has 25 heavy (non-hydrogen) atoms. The Morgan fingerprint density at radius 1 is 1.08 bits per heavy atom. The van der Waals surface area contributed by atoms with Crippen LogP contribution in [0.3, 0.4) is 0 Å². The molecule has 130 valence electrons. The minimum atomic E-state index is 0.0524. The lowest BCUT2D eigenvalue weighted by atomic mass is 10.1. The Hall–Kier alpha value is -2.04. The van der Waals surface area contributed by atoms with Gasteiger partial charge in [-0.15, -0.1) is 0 Å². The molecule has 1 aliphatic heterocycles. The van der Waals surface area contributed by atoms with Gasteiger partial charge in [0.2, 0.25) is 0 Å². The molecule has 0 N–H and O–H groups in total. The normalized spacial score (nSPS) is 15.0. The van der Waals surface area contributed by atoms with Crippen molar-refractivity contribution in [3.8, 4) is 0 Å². The molecule has 3 nitrogen and oxygen atoms in total. The van der Waals surface area contributed by atoms with Crippen LogP contribution in [-0.4, -0.2) is 30.8 Å². The number of anilines is 1. The number of benzene rings is 2. The molecular formula is C21H24N2OS. The van der Waals surface area contributed by atoms with E-state index in [9.17, 15) is 4.79 Å². The molecule has 0 radical (unpaired) electrons. The molecule has 2 aromatic rings. The molecule has 0 aromatic heterocycles. The van der Waals surface area contributed by atoms with Crippen LogP contribution in [0.2, 0.25) is 0 Å². The van der Waals surface area contributed by atoms with Crippen LogP contribution in [0.25, 0.3) is 0 Å². The highest BCUT2D eigenvalue weighted by Crippen LogP contribution is 2.44. The monoisotopic (exact) mass is 352 g/mol. The third-order valence-electron chi connectivity index (χ3n) is 4.57. The van der Waals surface area contributed by atoms with E-state index in [0.29, 0.717) is 0 Å². The number of allylic oxidation sites excluding steroid dienone is 1. The Kier molecular flexibility index (Phi) is 5.61. The van der Waals surface area contributed by atoms with Gasteiger partial charge in [-0.3, -0.25) is 9.69 Å². The van der Waals surface area contributed by atoms with Crippen molar-refractivity contribution in [3.05, 3.63) is 70.8 Å². The fourth-order valence-corrected chi connectivity index (χ4v) is 4.00. The van der Waals surface area contributed by atoms with Crippen molar-refractivity contribution < 1.29 is 4.79 Å². The molecule has 0 unspecified atom stereocenters. The number of carbonyl (C=O) groups excluding carboxylic acids is 1. The molecule has 0 spiro atoms. The summed E-state index contributed by atoms with van der Waals surface area (Å²) in [5.41, 5.74) is 3.13. The van der Waals surface area contributed by atoms with Gasteiger partial charge in [-0.05, 0) is 30.8 Å². The van der Waals surface area contributed by atoms with Crippen LogP contribution in [0.5, 0.6) is 0 Å². The topological polar surface area (TPSA) is 23.6 Å². The zero-order valence-corrected chi connectivity index (χ0v) is 15.8. The summed E-state index contributed by atoms with van der Waals surface area (Å²) in [7, 11) is 2.01. The van der Waals surface area contributed by atoms with Crippen LogP contribution in [0, 0.1) is 0 Å². The number of thioether (sulfide) groups is 1. The highest BCUT2D eigenvalue weighted by molar-refractivity contribution is 8.03. The zero-order chi connectivity index (χ0) is 17.8. The molecule has 1 heterocycles. The second kappa shape index (κ2) is 7.89. The molecule has 2 aromatic carbocycles. The summed E-state index contributed by atoms with van der Waals surface area (Å²) in [5.74, 6) is 0.0524. The number of carbonyl (C=O) groups is 1. The molecule has 0 saturated carbocycles. The molecular weight excluding hydrogens is 328 g/mol. The van der Waals surface area contributed by atoms with Crippen molar-refractivity contribution in [3.63, 3.8) is 0 Å². The average Bonchev–Trinajstić information content (AvgIpc) is 2.96.